The van der Waals surface area contributed by atoms with Gasteiger partial charge in [-0.25, -0.2) is 0 Å². The van der Waals surface area contributed by atoms with Crippen molar-refractivity contribution in [1.29, 1.82) is 0 Å². The fourth-order valence-corrected chi connectivity index (χ4v) is 2.84. The van der Waals surface area contributed by atoms with Crippen LogP contribution in [0.4, 0.5) is 0 Å². The average Bonchev–Trinajstić information content (AvgIpc) is 2.85. The number of aliphatic carboxylic acids is 1. The van der Waals surface area contributed by atoms with Gasteiger partial charge in [-0.15, -0.1) is 0 Å². The molecule has 1 amide bonds. The molecule has 6 heteroatoms. The van der Waals surface area contributed by atoms with Gasteiger partial charge >= 0.3 is 5.97 Å². The second kappa shape index (κ2) is 6.74. The van der Waals surface area contributed by atoms with E-state index in [9.17, 15) is 9.59 Å². The normalized spacial score (nSPS) is 16.2. The van der Waals surface area contributed by atoms with Crippen molar-refractivity contribution in [3.05, 3.63) is 17.0 Å². The number of carboxylic acids is 1. The standard InChI is InChI=1S/C15H22N2O4/c1-3-12-14(10(2)21-16-12)15(20)17-8-6-11(7-9-17)4-5-13(18)19/h11H,3-9H2,1-2H3,(H,18,19). The van der Waals surface area contributed by atoms with Crippen LogP contribution in [0.15, 0.2) is 4.52 Å². The molecule has 0 unspecified atom stereocenters. The first-order valence-electron chi connectivity index (χ1n) is 7.49. The molecule has 0 aliphatic carbocycles. The SMILES string of the molecule is CCc1noc(C)c1C(=O)N1CCC(CCC(=O)O)CC1. The number of hydrogen-bond acceptors (Lipinski definition) is 4. The van der Waals surface area contributed by atoms with Gasteiger partial charge in [0.1, 0.15) is 11.3 Å². The zero-order valence-corrected chi connectivity index (χ0v) is 12.6. The lowest BCUT2D eigenvalue weighted by atomic mass is 9.92. The van der Waals surface area contributed by atoms with Gasteiger partial charge in [0.2, 0.25) is 0 Å². The van der Waals surface area contributed by atoms with Crippen LogP contribution in [0.25, 0.3) is 0 Å². The fraction of sp³-hybridized carbons (Fsp3) is 0.667. The smallest absolute Gasteiger partial charge is 0.303 e. The number of nitrogens with zero attached hydrogens (tertiary/aromatic N) is 2. The number of hydrogen-bond donors (Lipinski definition) is 1. The average molecular weight is 294 g/mol. The molecule has 21 heavy (non-hydrogen) atoms. The molecular formula is C15H22N2O4. The molecule has 116 valence electrons. The molecule has 1 aromatic rings. The molecule has 0 saturated carbocycles. The Bertz CT molecular complexity index is 516. The van der Waals surface area contributed by atoms with Gasteiger partial charge in [0.05, 0.1) is 5.69 Å². The van der Waals surface area contributed by atoms with E-state index in [0.717, 1.165) is 12.8 Å². The number of carboxylic acid groups (broad SMARTS) is 1. The first-order valence-corrected chi connectivity index (χ1v) is 7.49. The lowest BCUT2D eigenvalue weighted by Gasteiger charge is -2.31. The lowest BCUT2D eigenvalue weighted by molar-refractivity contribution is -0.137. The number of carbonyl (C=O) groups excluding carboxylic acids is 1. The van der Waals surface area contributed by atoms with E-state index < -0.39 is 5.97 Å². The summed E-state index contributed by atoms with van der Waals surface area (Å²) in [6.07, 6.45) is 3.32. The third-order valence-electron chi connectivity index (χ3n) is 4.15. The van der Waals surface area contributed by atoms with Gasteiger partial charge in [0.25, 0.3) is 5.91 Å². The molecule has 2 heterocycles. The molecule has 0 bridgehead atoms. The van der Waals surface area contributed by atoms with Gasteiger partial charge in [-0.2, -0.15) is 0 Å². The largest absolute Gasteiger partial charge is 0.481 e. The minimum Gasteiger partial charge on any atom is -0.481 e. The van der Waals surface area contributed by atoms with Crippen molar-refractivity contribution in [3.63, 3.8) is 0 Å². The maximum atomic E-state index is 12.6. The number of likely N-dealkylation sites (tertiary alicyclic amines) is 1. The van der Waals surface area contributed by atoms with Crippen molar-refractivity contribution in [2.24, 2.45) is 5.92 Å². The summed E-state index contributed by atoms with van der Waals surface area (Å²) < 4.78 is 5.12. The van der Waals surface area contributed by atoms with Crippen LogP contribution in [0, 0.1) is 12.8 Å². The van der Waals surface area contributed by atoms with Crippen LogP contribution >= 0.6 is 0 Å². The van der Waals surface area contributed by atoms with Crippen LogP contribution in [0.1, 0.15) is 54.4 Å². The molecule has 0 radical (unpaired) electrons. The van der Waals surface area contributed by atoms with Crippen molar-refractivity contribution in [2.45, 2.75) is 46.0 Å². The molecule has 2 rings (SSSR count). The zero-order valence-electron chi connectivity index (χ0n) is 12.6. The van der Waals surface area contributed by atoms with Gasteiger partial charge in [0, 0.05) is 19.5 Å². The third-order valence-corrected chi connectivity index (χ3v) is 4.15. The maximum Gasteiger partial charge on any atom is 0.303 e. The molecule has 1 fully saturated rings. The Labute approximate surface area is 124 Å². The van der Waals surface area contributed by atoms with Crippen LogP contribution in [-0.2, 0) is 11.2 Å². The maximum absolute atomic E-state index is 12.6. The van der Waals surface area contributed by atoms with Crippen LogP contribution in [-0.4, -0.2) is 40.1 Å². The molecular weight excluding hydrogens is 272 g/mol. The molecule has 1 saturated heterocycles. The van der Waals surface area contributed by atoms with E-state index in [4.69, 9.17) is 9.63 Å². The Hall–Kier alpha value is -1.85. The number of carbonyl (C=O) groups is 2. The minimum atomic E-state index is -0.749. The van der Waals surface area contributed by atoms with Crippen LogP contribution in [0.5, 0.6) is 0 Å². The van der Waals surface area contributed by atoms with Crippen molar-refractivity contribution >= 4 is 11.9 Å². The number of piperidine rings is 1. The number of rotatable bonds is 5. The molecule has 1 aliphatic rings. The van der Waals surface area contributed by atoms with Gasteiger partial charge in [-0.05, 0) is 38.5 Å². The topological polar surface area (TPSA) is 83.6 Å². The fourth-order valence-electron chi connectivity index (χ4n) is 2.84. The molecule has 0 aromatic carbocycles. The number of aromatic nitrogens is 1. The summed E-state index contributed by atoms with van der Waals surface area (Å²) in [5.74, 6) is 0.215. The van der Waals surface area contributed by atoms with E-state index in [1.165, 1.54) is 0 Å². The van der Waals surface area contributed by atoms with Gasteiger partial charge in [-0.3, -0.25) is 9.59 Å². The molecule has 0 atom stereocenters. The third kappa shape index (κ3) is 3.62. The zero-order chi connectivity index (χ0) is 15.4. The Morgan fingerprint density at radius 3 is 2.62 bits per heavy atom. The van der Waals surface area contributed by atoms with Crippen molar-refractivity contribution in [2.75, 3.05) is 13.1 Å². The number of aryl methyl sites for hydroxylation is 2. The highest BCUT2D eigenvalue weighted by molar-refractivity contribution is 5.96. The summed E-state index contributed by atoms with van der Waals surface area (Å²) in [7, 11) is 0. The molecule has 6 nitrogen and oxygen atoms in total. The van der Waals surface area contributed by atoms with Crippen molar-refractivity contribution < 1.29 is 19.2 Å². The molecule has 1 aliphatic heterocycles. The highest BCUT2D eigenvalue weighted by atomic mass is 16.5. The van der Waals surface area contributed by atoms with E-state index >= 15 is 0 Å². The van der Waals surface area contributed by atoms with E-state index in [1.54, 1.807) is 6.92 Å². The Kier molecular flexibility index (Phi) is 4.98. The molecule has 1 aromatic heterocycles. The Morgan fingerprint density at radius 1 is 1.38 bits per heavy atom. The summed E-state index contributed by atoms with van der Waals surface area (Å²) in [5, 5.41) is 12.6. The van der Waals surface area contributed by atoms with E-state index in [0.29, 0.717) is 48.9 Å². The predicted octanol–water partition coefficient (Wildman–Crippen LogP) is 2.26. The lowest BCUT2D eigenvalue weighted by Crippen LogP contribution is -2.39. The van der Waals surface area contributed by atoms with Crippen LogP contribution < -0.4 is 0 Å². The first kappa shape index (κ1) is 15.5. The number of amides is 1. The van der Waals surface area contributed by atoms with E-state index in [1.807, 2.05) is 11.8 Å². The predicted molar refractivity (Wildman–Crippen MR) is 76.1 cm³/mol. The van der Waals surface area contributed by atoms with E-state index in [2.05, 4.69) is 5.16 Å². The second-order valence-electron chi connectivity index (χ2n) is 5.58. The van der Waals surface area contributed by atoms with Gasteiger partial charge in [-0.1, -0.05) is 12.1 Å². The monoisotopic (exact) mass is 294 g/mol. The molecule has 1 N–H and O–H groups in total. The van der Waals surface area contributed by atoms with E-state index in [-0.39, 0.29) is 12.3 Å². The van der Waals surface area contributed by atoms with Crippen molar-refractivity contribution in [3.8, 4) is 0 Å². The Balaban J connectivity index is 1.94. The highest BCUT2D eigenvalue weighted by Gasteiger charge is 2.28. The van der Waals surface area contributed by atoms with Gasteiger partial charge < -0.3 is 14.5 Å². The Morgan fingerprint density at radius 2 is 2.05 bits per heavy atom. The summed E-state index contributed by atoms with van der Waals surface area (Å²) >= 11 is 0. The summed E-state index contributed by atoms with van der Waals surface area (Å²) in [4.78, 5) is 25.0. The van der Waals surface area contributed by atoms with Gasteiger partial charge in [0.15, 0.2) is 0 Å². The summed E-state index contributed by atoms with van der Waals surface area (Å²) in [6, 6.07) is 0. The first-order chi connectivity index (χ1) is 10.0. The molecule has 0 spiro atoms. The van der Waals surface area contributed by atoms with Crippen LogP contribution in [0.3, 0.4) is 0 Å². The minimum absolute atomic E-state index is 0.0118. The second-order valence-corrected chi connectivity index (χ2v) is 5.58. The van der Waals surface area contributed by atoms with Crippen molar-refractivity contribution in [1.82, 2.24) is 10.1 Å². The highest BCUT2D eigenvalue weighted by Crippen LogP contribution is 2.24. The van der Waals surface area contributed by atoms with Crippen LogP contribution in [0.2, 0.25) is 0 Å². The summed E-state index contributed by atoms with van der Waals surface area (Å²) in [5.41, 5.74) is 1.31. The summed E-state index contributed by atoms with van der Waals surface area (Å²) in [6.45, 7) is 5.07. The quantitative estimate of drug-likeness (QED) is 0.900.